The molecule has 0 amide bonds. The summed E-state index contributed by atoms with van der Waals surface area (Å²) in [6, 6.07) is 11.2. The number of nitrogens with zero attached hydrogens (tertiary/aromatic N) is 1. The molecule has 0 saturated carbocycles. The number of nitrogens with one attached hydrogen (secondary N) is 1. The highest BCUT2D eigenvalue weighted by Crippen LogP contribution is 2.05. The van der Waals surface area contributed by atoms with Crippen molar-refractivity contribution in [2.75, 3.05) is 0 Å². The van der Waals surface area contributed by atoms with Crippen LogP contribution in [0.2, 0.25) is 0 Å². The van der Waals surface area contributed by atoms with E-state index in [9.17, 15) is 13.2 Å². The Morgan fingerprint density at radius 1 is 1.21 bits per heavy atom. The van der Waals surface area contributed by atoms with Crippen molar-refractivity contribution >= 4 is 0 Å². The summed E-state index contributed by atoms with van der Waals surface area (Å²) in [4.78, 5) is 0. The SMILES string of the molecule is N#Cc1ccccc1.NNC(F)(F)F. The molecule has 0 atom stereocenters. The van der Waals surface area contributed by atoms with Gasteiger partial charge in [-0.2, -0.15) is 23.9 Å². The minimum Gasteiger partial charge on any atom is -0.264 e. The van der Waals surface area contributed by atoms with Crippen LogP contribution in [0.4, 0.5) is 13.2 Å². The Morgan fingerprint density at radius 3 is 1.86 bits per heavy atom. The van der Waals surface area contributed by atoms with E-state index < -0.39 is 6.30 Å². The predicted octanol–water partition coefficient (Wildman–Crippen LogP) is 1.53. The smallest absolute Gasteiger partial charge is 0.264 e. The molecule has 0 aromatic heterocycles. The molecule has 0 fully saturated rings. The van der Waals surface area contributed by atoms with E-state index in [1.807, 2.05) is 24.3 Å². The van der Waals surface area contributed by atoms with Crippen LogP contribution in [0, 0.1) is 11.3 Å². The lowest BCUT2D eigenvalue weighted by Gasteiger charge is -1.98. The predicted molar refractivity (Wildman–Crippen MR) is 44.5 cm³/mol. The molecule has 0 spiro atoms. The molecule has 1 aromatic carbocycles. The van der Waals surface area contributed by atoms with Crippen molar-refractivity contribution in [2.45, 2.75) is 6.30 Å². The van der Waals surface area contributed by atoms with Gasteiger partial charge < -0.3 is 0 Å². The Morgan fingerprint density at radius 2 is 1.64 bits per heavy atom. The van der Waals surface area contributed by atoms with Crippen LogP contribution in [-0.4, -0.2) is 6.30 Å². The molecule has 6 heteroatoms. The van der Waals surface area contributed by atoms with Gasteiger partial charge in [-0.25, -0.2) is 0 Å². The van der Waals surface area contributed by atoms with Crippen LogP contribution < -0.4 is 11.3 Å². The van der Waals surface area contributed by atoms with Gasteiger partial charge in [0.15, 0.2) is 0 Å². The highest BCUT2D eigenvalue weighted by Gasteiger charge is 2.23. The zero-order chi connectivity index (χ0) is 11.0. The van der Waals surface area contributed by atoms with Crippen molar-refractivity contribution in [2.24, 2.45) is 5.84 Å². The molecule has 3 nitrogen and oxygen atoms in total. The van der Waals surface area contributed by atoms with Gasteiger partial charge in [0.2, 0.25) is 0 Å². The normalized spacial score (nSPS) is 9.64. The van der Waals surface area contributed by atoms with Crippen LogP contribution in [0.15, 0.2) is 30.3 Å². The highest BCUT2D eigenvalue weighted by molar-refractivity contribution is 5.27. The summed E-state index contributed by atoms with van der Waals surface area (Å²) in [6.45, 7) is 0. The number of nitriles is 1. The highest BCUT2D eigenvalue weighted by atomic mass is 19.4. The fraction of sp³-hybridized carbons (Fsp3) is 0.125. The van der Waals surface area contributed by atoms with E-state index in [0.29, 0.717) is 11.0 Å². The quantitative estimate of drug-likeness (QED) is 0.382. The first-order valence-electron chi connectivity index (χ1n) is 3.49. The number of rotatable bonds is 0. The third-order valence-electron chi connectivity index (χ3n) is 1.07. The van der Waals surface area contributed by atoms with Crippen molar-refractivity contribution in [3.8, 4) is 6.07 Å². The largest absolute Gasteiger partial charge is 0.470 e. The second-order valence-corrected chi connectivity index (χ2v) is 2.12. The minimum absolute atomic E-state index is 0.604. The van der Waals surface area contributed by atoms with Gasteiger partial charge in [-0.1, -0.05) is 18.2 Å². The Bertz CT molecular complexity index is 289. The van der Waals surface area contributed by atoms with E-state index in [2.05, 4.69) is 5.84 Å². The summed E-state index contributed by atoms with van der Waals surface area (Å²) >= 11 is 0. The molecule has 1 rings (SSSR count). The summed E-state index contributed by atoms with van der Waals surface area (Å²) in [6.07, 6.45) is -4.43. The van der Waals surface area contributed by atoms with E-state index in [0.717, 1.165) is 0 Å². The summed E-state index contributed by atoms with van der Waals surface area (Å²) in [5.41, 5.74) is 1.32. The lowest BCUT2D eigenvalue weighted by molar-refractivity contribution is -0.157. The van der Waals surface area contributed by atoms with Gasteiger partial charge in [-0.15, -0.1) is 0 Å². The molecule has 14 heavy (non-hydrogen) atoms. The number of alkyl halides is 3. The molecule has 0 saturated heterocycles. The molecular weight excluding hydrogens is 195 g/mol. The van der Waals surface area contributed by atoms with E-state index in [4.69, 9.17) is 5.26 Å². The van der Waals surface area contributed by atoms with Gasteiger partial charge in [0.05, 0.1) is 11.6 Å². The summed E-state index contributed by atoms with van der Waals surface area (Å²) in [5, 5.41) is 8.29. The van der Waals surface area contributed by atoms with E-state index >= 15 is 0 Å². The number of hydrogen-bond donors (Lipinski definition) is 2. The fourth-order valence-corrected chi connectivity index (χ4v) is 0.513. The monoisotopic (exact) mass is 203 g/mol. The van der Waals surface area contributed by atoms with Crippen molar-refractivity contribution in [1.29, 1.82) is 5.26 Å². The first-order chi connectivity index (χ1) is 6.49. The standard InChI is InChI=1S/C7H5N.CH3F3N2/c8-6-7-4-2-1-3-5-7;2-1(3,4)6-5/h1-5H;6H,5H2. The molecule has 76 valence electrons. The zero-order valence-electron chi connectivity index (χ0n) is 7.05. The molecule has 0 aliphatic heterocycles. The Hall–Kier alpha value is -1.58. The number of hydrogen-bond acceptors (Lipinski definition) is 3. The lowest BCUT2D eigenvalue weighted by Crippen LogP contribution is -2.37. The van der Waals surface area contributed by atoms with Gasteiger partial charge in [-0.05, 0) is 12.1 Å². The minimum atomic E-state index is -4.43. The van der Waals surface area contributed by atoms with Crippen molar-refractivity contribution < 1.29 is 13.2 Å². The molecule has 0 aliphatic rings. The van der Waals surface area contributed by atoms with E-state index in [1.165, 1.54) is 0 Å². The molecule has 0 radical (unpaired) electrons. The number of benzene rings is 1. The third kappa shape index (κ3) is 7.09. The molecule has 0 unspecified atom stereocenters. The van der Waals surface area contributed by atoms with Crippen molar-refractivity contribution in [3.63, 3.8) is 0 Å². The average molecular weight is 203 g/mol. The van der Waals surface area contributed by atoms with Crippen LogP contribution in [0.25, 0.3) is 0 Å². The molecule has 0 aliphatic carbocycles. The second-order valence-electron chi connectivity index (χ2n) is 2.12. The van der Waals surface area contributed by atoms with Crippen LogP contribution in [0.3, 0.4) is 0 Å². The van der Waals surface area contributed by atoms with Gasteiger partial charge in [0.25, 0.3) is 0 Å². The van der Waals surface area contributed by atoms with Crippen molar-refractivity contribution in [3.05, 3.63) is 35.9 Å². The molecule has 3 N–H and O–H groups in total. The summed E-state index contributed by atoms with van der Waals surface area (Å²) in [5.74, 6) is 3.93. The topological polar surface area (TPSA) is 61.8 Å². The lowest BCUT2D eigenvalue weighted by atomic mass is 10.2. The summed E-state index contributed by atoms with van der Waals surface area (Å²) in [7, 11) is 0. The Kier molecular flexibility index (Phi) is 5.29. The zero-order valence-corrected chi connectivity index (χ0v) is 7.05. The molecular formula is C8H8F3N3. The van der Waals surface area contributed by atoms with E-state index in [1.54, 1.807) is 12.1 Å². The van der Waals surface area contributed by atoms with Crippen LogP contribution in [0.1, 0.15) is 5.56 Å². The first-order valence-corrected chi connectivity index (χ1v) is 3.49. The Labute approximate surface area is 78.9 Å². The van der Waals surface area contributed by atoms with Gasteiger partial charge in [0, 0.05) is 0 Å². The molecule has 1 aromatic rings. The van der Waals surface area contributed by atoms with Gasteiger partial charge >= 0.3 is 6.30 Å². The fourth-order valence-electron chi connectivity index (χ4n) is 0.513. The second kappa shape index (κ2) is 5.96. The van der Waals surface area contributed by atoms with Crippen LogP contribution >= 0.6 is 0 Å². The van der Waals surface area contributed by atoms with Gasteiger partial charge in [0.1, 0.15) is 0 Å². The summed E-state index contributed by atoms with van der Waals surface area (Å²) < 4.78 is 31.6. The number of hydrazine groups is 1. The first kappa shape index (κ1) is 12.4. The molecule has 0 heterocycles. The van der Waals surface area contributed by atoms with Crippen LogP contribution in [0.5, 0.6) is 0 Å². The number of nitrogens with two attached hydrogens (primary N) is 1. The third-order valence-corrected chi connectivity index (χ3v) is 1.07. The van der Waals surface area contributed by atoms with Gasteiger partial charge in [-0.3, -0.25) is 5.84 Å². The number of halogens is 3. The molecule has 0 bridgehead atoms. The average Bonchev–Trinajstić information content (AvgIpc) is 2.19. The van der Waals surface area contributed by atoms with E-state index in [-0.39, 0.29) is 0 Å². The maximum absolute atomic E-state index is 10.5. The maximum Gasteiger partial charge on any atom is 0.470 e. The maximum atomic E-state index is 10.5. The van der Waals surface area contributed by atoms with Crippen LogP contribution in [-0.2, 0) is 0 Å². The van der Waals surface area contributed by atoms with Crippen molar-refractivity contribution in [1.82, 2.24) is 5.43 Å². The Balaban J connectivity index is 0.000000255.